The molecule has 1 aromatic carbocycles. The molecule has 0 radical (unpaired) electrons. The van der Waals surface area contributed by atoms with Crippen molar-refractivity contribution < 1.29 is 21.6 Å². The van der Waals surface area contributed by atoms with Gasteiger partial charge in [-0.15, -0.1) is 0 Å². The summed E-state index contributed by atoms with van der Waals surface area (Å²) >= 11 is 0. The molecule has 2 N–H and O–H groups in total. The van der Waals surface area contributed by atoms with Crippen LogP contribution in [-0.2, 0) is 22.7 Å². The SMILES string of the molecule is CCCS(=O)(=O)N1CCN(c2c(N)c3ccc(C(F)(F)F)cc3n2CC)CC1. The van der Waals surface area contributed by atoms with Crippen molar-refractivity contribution in [1.29, 1.82) is 0 Å². The number of piperazine rings is 1. The number of sulfonamides is 1. The van der Waals surface area contributed by atoms with Gasteiger partial charge in [-0.3, -0.25) is 0 Å². The van der Waals surface area contributed by atoms with Crippen molar-refractivity contribution in [3.8, 4) is 0 Å². The van der Waals surface area contributed by atoms with Crippen LogP contribution in [0.3, 0.4) is 0 Å². The van der Waals surface area contributed by atoms with E-state index in [1.165, 1.54) is 10.4 Å². The third-order valence-corrected chi connectivity index (χ3v) is 7.19. The number of aryl methyl sites for hydroxylation is 1. The van der Waals surface area contributed by atoms with Gasteiger partial charge in [-0.2, -0.15) is 17.5 Å². The van der Waals surface area contributed by atoms with Crippen molar-refractivity contribution in [3.05, 3.63) is 23.8 Å². The lowest BCUT2D eigenvalue weighted by molar-refractivity contribution is -0.137. The molecule has 0 bridgehead atoms. The zero-order valence-electron chi connectivity index (χ0n) is 16.0. The quantitative estimate of drug-likeness (QED) is 0.810. The number of anilines is 2. The molecule has 2 aromatic rings. The third-order valence-electron chi connectivity index (χ3n) is 5.11. The second kappa shape index (κ2) is 7.47. The second-order valence-electron chi connectivity index (χ2n) is 6.91. The molecule has 1 aliphatic rings. The van der Waals surface area contributed by atoms with E-state index in [9.17, 15) is 21.6 Å². The van der Waals surface area contributed by atoms with Gasteiger partial charge in [-0.25, -0.2) is 8.42 Å². The predicted octanol–water partition coefficient (Wildman–Crippen LogP) is 3.12. The minimum absolute atomic E-state index is 0.116. The molecule has 28 heavy (non-hydrogen) atoms. The number of alkyl halides is 3. The van der Waals surface area contributed by atoms with Crippen molar-refractivity contribution in [3.63, 3.8) is 0 Å². The number of rotatable bonds is 5. The van der Waals surface area contributed by atoms with Crippen molar-refractivity contribution in [1.82, 2.24) is 8.87 Å². The molecule has 1 saturated heterocycles. The van der Waals surface area contributed by atoms with Crippen LogP contribution in [0.5, 0.6) is 0 Å². The minimum Gasteiger partial charge on any atom is -0.395 e. The first kappa shape index (κ1) is 20.8. The van der Waals surface area contributed by atoms with Crippen LogP contribution in [0.2, 0.25) is 0 Å². The minimum atomic E-state index is -4.43. The van der Waals surface area contributed by atoms with Crippen molar-refractivity contribution in [2.45, 2.75) is 33.0 Å². The average molecular weight is 418 g/mol. The Morgan fingerprint density at radius 3 is 2.29 bits per heavy atom. The van der Waals surface area contributed by atoms with E-state index in [4.69, 9.17) is 5.73 Å². The number of fused-ring (bicyclic) bond motifs is 1. The highest BCUT2D eigenvalue weighted by molar-refractivity contribution is 7.89. The van der Waals surface area contributed by atoms with Gasteiger partial charge in [0.15, 0.2) is 0 Å². The molecule has 0 atom stereocenters. The molecule has 0 spiro atoms. The van der Waals surface area contributed by atoms with E-state index in [1.807, 2.05) is 18.7 Å². The molecule has 0 unspecified atom stereocenters. The van der Waals surface area contributed by atoms with Crippen LogP contribution in [0.4, 0.5) is 24.7 Å². The zero-order valence-corrected chi connectivity index (χ0v) is 16.8. The number of benzene rings is 1. The molecular weight excluding hydrogens is 393 g/mol. The van der Waals surface area contributed by atoms with Crippen LogP contribution in [0.15, 0.2) is 18.2 Å². The first-order valence-corrected chi connectivity index (χ1v) is 10.9. The number of nitrogens with two attached hydrogens (primary N) is 1. The van der Waals surface area contributed by atoms with Gasteiger partial charge in [-0.05, 0) is 25.5 Å². The first-order chi connectivity index (χ1) is 13.1. The maximum Gasteiger partial charge on any atom is 0.416 e. The van der Waals surface area contributed by atoms with E-state index in [-0.39, 0.29) is 5.75 Å². The third kappa shape index (κ3) is 3.67. The molecule has 0 amide bonds. The van der Waals surface area contributed by atoms with E-state index in [0.29, 0.717) is 61.6 Å². The van der Waals surface area contributed by atoms with Crippen LogP contribution in [-0.4, -0.2) is 49.2 Å². The van der Waals surface area contributed by atoms with Gasteiger partial charge in [0.1, 0.15) is 5.82 Å². The molecule has 1 aromatic heterocycles. The Hall–Kier alpha value is -1.94. The molecule has 2 heterocycles. The lowest BCUT2D eigenvalue weighted by Gasteiger charge is -2.36. The molecule has 1 aliphatic heterocycles. The summed E-state index contributed by atoms with van der Waals surface area (Å²) in [5.41, 5.74) is 6.45. The Balaban J connectivity index is 1.95. The Labute approximate surface area is 162 Å². The summed E-state index contributed by atoms with van der Waals surface area (Å²) in [5.74, 6) is 0.772. The molecule has 10 heteroatoms. The topological polar surface area (TPSA) is 71.6 Å². The van der Waals surface area contributed by atoms with Crippen LogP contribution in [0, 0.1) is 0 Å². The highest BCUT2D eigenvalue weighted by Gasteiger charge is 2.33. The fourth-order valence-electron chi connectivity index (χ4n) is 3.77. The smallest absolute Gasteiger partial charge is 0.395 e. The summed E-state index contributed by atoms with van der Waals surface area (Å²) in [4.78, 5) is 1.96. The molecule has 6 nitrogen and oxygen atoms in total. The number of nitrogens with zero attached hydrogens (tertiary/aromatic N) is 3. The lowest BCUT2D eigenvalue weighted by atomic mass is 10.1. The van der Waals surface area contributed by atoms with Crippen LogP contribution in [0.1, 0.15) is 25.8 Å². The highest BCUT2D eigenvalue weighted by atomic mass is 32.2. The molecule has 3 rings (SSSR count). The Bertz CT molecular complexity index is 961. The van der Waals surface area contributed by atoms with E-state index in [2.05, 4.69) is 0 Å². The summed E-state index contributed by atoms with van der Waals surface area (Å²) in [6, 6.07) is 3.57. The molecule has 0 aliphatic carbocycles. The molecule has 1 fully saturated rings. The van der Waals surface area contributed by atoms with Crippen LogP contribution in [0.25, 0.3) is 10.9 Å². The van der Waals surface area contributed by atoms with Crippen molar-refractivity contribution in [2.24, 2.45) is 0 Å². The maximum absolute atomic E-state index is 13.1. The number of hydrogen-bond donors (Lipinski definition) is 1. The number of aromatic nitrogens is 1. The largest absolute Gasteiger partial charge is 0.416 e. The number of hydrogen-bond acceptors (Lipinski definition) is 4. The lowest BCUT2D eigenvalue weighted by Crippen LogP contribution is -2.49. The van der Waals surface area contributed by atoms with Gasteiger partial charge in [0.2, 0.25) is 10.0 Å². The summed E-state index contributed by atoms with van der Waals surface area (Å²) < 4.78 is 67.1. The van der Waals surface area contributed by atoms with Gasteiger partial charge in [-0.1, -0.05) is 13.0 Å². The Morgan fingerprint density at radius 1 is 1.11 bits per heavy atom. The fourth-order valence-corrected chi connectivity index (χ4v) is 5.26. The predicted molar refractivity (Wildman–Crippen MR) is 105 cm³/mol. The summed E-state index contributed by atoms with van der Waals surface area (Å²) in [6.45, 7) is 5.68. The second-order valence-corrected chi connectivity index (χ2v) is 9.00. The van der Waals surface area contributed by atoms with E-state index < -0.39 is 21.8 Å². The standard InChI is InChI=1S/C18H25F3N4O2S/c1-3-11-28(26,27)24-9-7-23(8-10-24)17-16(22)14-6-5-13(18(19,20)21)12-15(14)25(17)4-2/h5-6,12H,3-4,7-11,22H2,1-2H3. The molecular formula is C18H25F3N4O2S. The summed E-state index contributed by atoms with van der Waals surface area (Å²) in [7, 11) is -3.27. The maximum atomic E-state index is 13.1. The van der Waals surface area contributed by atoms with Gasteiger partial charge >= 0.3 is 6.18 Å². The normalized spacial score (nSPS) is 16.8. The average Bonchev–Trinajstić information content (AvgIpc) is 2.92. The van der Waals surface area contributed by atoms with E-state index in [0.717, 1.165) is 12.1 Å². The number of nitrogen functional groups attached to an aromatic ring is 1. The van der Waals surface area contributed by atoms with Gasteiger partial charge in [0, 0.05) is 38.1 Å². The Morgan fingerprint density at radius 2 is 1.75 bits per heavy atom. The van der Waals surface area contributed by atoms with Crippen LogP contribution >= 0.6 is 0 Å². The van der Waals surface area contributed by atoms with Gasteiger partial charge in [0.25, 0.3) is 0 Å². The van der Waals surface area contributed by atoms with Gasteiger partial charge in [0.05, 0.1) is 22.5 Å². The molecule has 0 saturated carbocycles. The van der Waals surface area contributed by atoms with E-state index >= 15 is 0 Å². The van der Waals surface area contributed by atoms with E-state index in [1.54, 1.807) is 4.57 Å². The Kier molecular flexibility index (Phi) is 5.55. The van der Waals surface area contributed by atoms with Crippen LogP contribution < -0.4 is 10.6 Å². The summed E-state index contributed by atoms with van der Waals surface area (Å²) in [5, 5.41) is 0.575. The van der Waals surface area contributed by atoms with Crippen molar-refractivity contribution >= 4 is 32.4 Å². The van der Waals surface area contributed by atoms with Gasteiger partial charge < -0.3 is 15.2 Å². The van der Waals surface area contributed by atoms with Crippen molar-refractivity contribution in [2.75, 3.05) is 42.6 Å². The highest BCUT2D eigenvalue weighted by Crippen LogP contribution is 2.39. The summed E-state index contributed by atoms with van der Waals surface area (Å²) in [6.07, 6.45) is -3.87. The molecule has 156 valence electrons. The first-order valence-electron chi connectivity index (χ1n) is 9.31. The number of halogens is 3. The fraction of sp³-hybridized carbons (Fsp3) is 0.556. The zero-order chi connectivity index (χ0) is 20.7. The monoisotopic (exact) mass is 418 g/mol.